The molecule has 0 saturated heterocycles. The maximum absolute atomic E-state index is 12.9. The van der Waals surface area contributed by atoms with Crippen LogP contribution in [0.15, 0.2) is 48.5 Å². The van der Waals surface area contributed by atoms with E-state index in [-0.39, 0.29) is 5.97 Å². The highest BCUT2D eigenvalue weighted by Crippen LogP contribution is 2.56. The van der Waals surface area contributed by atoms with E-state index in [0.717, 1.165) is 41.0 Å². The van der Waals surface area contributed by atoms with E-state index in [0.29, 0.717) is 5.56 Å². The minimum Gasteiger partial charge on any atom is -0.456 e. The summed E-state index contributed by atoms with van der Waals surface area (Å²) in [4.78, 5) is 12.9. The summed E-state index contributed by atoms with van der Waals surface area (Å²) in [6.07, 6.45) is 1.85. The van der Waals surface area contributed by atoms with Crippen molar-refractivity contribution in [3.05, 3.63) is 93.0 Å². The maximum Gasteiger partial charge on any atom is 0.340 e. The molecule has 3 aromatic carbocycles. The molecule has 2 aliphatic rings. The highest BCUT2D eigenvalue weighted by molar-refractivity contribution is 5.97. The fraction of sp³-hybridized carbons (Fsp3) is 0.269. The molecule has 1 spiro atoms. The Labute approximate surface area is 171 Å². The highest BCUT2D eigenvalue weighted by atomic mass is 16.6. The van der Waals surface area contributed by atoms with Gasteiger partial charge in [-0.25, -0.2) is 4.79 Å². The molecule has 0 saturated carbocycles. The zero-order valence-electron chi connectivity index (χ0n) is 17.3. The number of carbonyl (C=O) groups is 1. The molecule has 0 atom stereocenters. The predicted octanol–water partition coefficient (Wildman–Crippen LogP) is 6.00. The third kappa shape index (κ3) is 2.33. The molecule has 5 rings (SSSR count). The molecule has 0 fully saturated rings. The van der Waals surface area contributed by atoms with Crippen LogP contribution in [0.4, 0.5) is 0 Å². The van der Waals surface area contributed by atoms with Crippen molar-refractivity contribution in [1.82, 2.24) is 0 Å². The van der Waals surface area contributed by atoms with Crippen LogP contribution in [0.25, 0.3) is 0 Å². The first-order chi connectivity index (χ1) is 14.0. The van der Waals surface area contributed by atoms with Crippen molar-refractivity contribution in [1.29, 1.82) is 0 Å². The molecule has 2 heterocycles. The number of hydrogen-bond acceptors (Lipinski definition) is 3. The summed E-state index contributed by atoms with van der Waals surface area (Å²) >= 11 is 0. The molecule has 0 amide bonds. The first-order valence-corrected chi connectivity index (χ1v) is 10.3. The molecular formula is C26H24O3. The van der Waals surface area contributed by atoms with Gasteiger partial charge < -0.3 is 9.47 Å². The van der Waals surface area contributed by atoms with Gasteiger partial charge >= 0.3 is 5.97 Å². The Bertz CT molecular complexity index is 1110. The monoisotopic (exact) mass is 384 g/mol. The third-order valence-electron chi connectivity index (χ3n) is 6.39. The Morgan fingerprint density at radius 3 is 1.90 bits per heavy atom. The second-order valence-corrected chi connectivity index (χ2v) is 7.98. The zero-order valence-corrected chi connectivity index (χ0v) is 17.3. The highest BCUT2D eigenvalue weighted by Gasteiger charge is 2.53. The van der Waals surface area contributed by atoms with E-state index in [9.17, 15) is 4.79 Å². The van der Waals surface area contributed by atoms with Crippen LogP contribution in [0.1, 0.15) is 63.1 Å². The summed E-state index contributed by atoms with van der Waals surface area (Å²) in [6.45, 7) is 8.50. The van der Waals surface area contributed by atoms with E-state index in [2.05, 4.69) is 52.0 Å². The summed E-state index contributed by atoms with van der Waals surface area (Å²) in [5, 5.41) is 0. The number of ether oxygens (including phenoxy) is 2. The van der Waals surface area contributed by atoms with Crippen LogP contribution in [-0.4, -0.2) is 5.97 Å². The van der Waals surface area contributed by atoms with Gasteiger partial charge in [0, 0.05) is 16.7 Å². The maximum atomic E-state index is 12.9. The first-order valence-electron chi connectivity index (χ1n) is 10.3. The van der Waals surface area contributed by atoms with Gasteiger partial charge in [0.1, 0.15) is 11.5 Å². The van der Waals surface area contributed by atoms with Gasteiger partial charge in [-0.1, -0.05) is 32.0 Å². The minimum absolute atomic E-state index is 0.283. The molecule has 0 radical (unpaired) electrons. The van der Waals surface area contributed by atoms with Crippen LogP contribution >= 0.6 is 0 Å². The van der Waals surface area contributed by atoms with Gasteiger partial charge in [0.25, 0.3) is 0 Å². The molecule has 3 nitrogen and oxygen atoms in total. The van der Waals surface area contributed by atoms with E-state index in [1.807, 2.05) is 24.3 Å². The lowest BCUT2D eigenvalue weighted by Gasteiger charge is -2.37. The molecule has 146 valence electrons. The Kier molecular flexibility index (Phi) is 3.86. The van der Waals surface area contributed by atoms with Gasteiger partial charge in [0.15, 0.2) is 5.60 Å². The Morgan fingerprint density at radius 2 is 1.34 bits per heavy atom. The molecule has 0 aliphatic carbocycles. The van der Waals surface area contributed by atoms with Crippen LogP contribution in [0.5, 0.6) is 11.5 Å². The minimum atomic E-state index is -0.968. The molecule has 2 aliphatic heterocycles. The van der Waals surface area contributed by atoms with Crippen LogP contribution < -0.4 is 4.74 Å². The number of hydrogen-bond donors (Lipinski definition) is 0. The fourth-order valence-electron chi connectivity index (χ4n) is 4.82. The summed E-state index contributed by atoms with van der Waals surface area (Å²) in [5.41, 5.74) is 7.20. The molecule has 3 aromatic rings. The standard InChI is InChI=1S/C26H24O3/c1-5-17-13-23-21(11-15(17)3)26(20-10-8-7-9-19(20)25(27)29-26)22-12-16(4)18(6-2)14-24(22)28-23/h7-14H,5-6H2,1-4H3. The number of esters is 1. The Hall–Kier alpha value is -3.07. The van der Waals surface area contributed by atoms with Crippen molar-refractivity contribution in [3.63, 3.8) is 0 Å². The quantitative estimate of drug-likeness (QED) is 0.509. The van der Waals surface area contributed by atoms with Crippen molar-refractivity contribution in [2.45, 2.75) is 46.1 Å². The smallest absolute Gasteiger partial charge is 0.340 e. The number of benzene rings is 3. The lowest BCUT2D eigenvalue weighted by Crippen LogP contribution is -2.33. The largest absolute Gasteiger partial charge is 0.456 e. The first kappa shape index (κ1) is 18.0. The van der Waals surface area contributed by atoms with Gasteiger partial charge in [-0.05, 0) is 79.3 Å². The van der Waals surface area contributed by atoms with Crippen molar-refractivity contribution in [2.75, 3.05) is 0 Å². The van der Waals surface area contributed by atoms with Crippen molar-refractivity contribution < 1.29 is 14.3 Å². The number of carbonyl (C=O) groups excluding carboxylic acids is 1. The summed E-state index contributed by atoms with van der Waals surface area (Å²) in [5.74, 6) is 1.26. The number of aryl methyl sites for hydroxylation is 4. The SMILES string of the molecule is CCc1cc2c(cc1C)C1(OC(=O)c3ccccc31)c1cc(C)c(CC)cc1O2. The summed E-state index contributed by atoms with van der Waals surface area (Å²) < 4.78 is 12.7. The molecule has 0 bridgehead atoms. The van der Waals surface area contributed by atoms with E-state index in [1.54, 1.807) is 0 Å². The second-order valence-electron chi connectivity index (χ2n) is 7.98. The summed E-state index contributed by atoms with van der Waals surface area (Å²) in [7, 11) is 0. The molecule has 0 N–H and O–H groups in total. The van der Waals surface area contributed by atoms with Crippen LogP contribution in [-0.2, 0) is 23.2 Å². The predicted molar refractivity (Wildman–Crippen MR) is 113 cm³/mol. The van der Waals surface area contributed by atoms with Gasteiger partial charge in [0.2, 0.25) is 0 Å². The van der Waals surface area contributed by atoms with Gasteiger partial charge in [0.05, 0.1) is 5.56 Å². The van der Waals surface area contributed by atoms with Gasteiger partial charge in [-0.3, -0.25) is 0 Å². The lowest BCUT2D eigenvalue weighted by molar-refractivity contribution is 0.0224. The lowest BCUT2D eigenvalue weighted by atomic mass is 9.76. The number of fused-ring (bicyclic) bond motifs is 6. The van der Waals surface area contributed by atoms with Crippen LogP contribution in [0, 0.1) is 13.8 Å². The molecule has 29 heavy (non-hydrogen) atoms. The topological polar surface area (TPSA) is 35.5 Å². The Morgan fingerprint density at radius 1 is 0.793 bits per heavy atom. The third-order valence-corrected chi connectivity index (χ3v) is 6.39. The molecular weight excluding hydrogens is 360 g/mol. The van der Waals surface area contributed by atoms with Crippen molar-refractivity contribution >= 4 is 5.97 Å². The average Bonchev–Trinajstić information content (AvgIpc) is 3.02. The van der Waals surface area contributed by atoms with E-state index < -0.39 is 5.60 Å². The van der Waals surface area contributed by atoms with Gasteiger partial charge in [-0.2, -0.15) is 0 Å². The van der Waals surface area contributed by atoms with Crippen molar-refractivity contribution in [2.24, 2.45) is 0 Å². The van der Waals surface area contributed by atoms with Crippen molar-refractivity contribution in [3.8, 4) is 11.5 Å². The molecule has 3 heteroatoms. The van der Waals surface area contributed by atoms with E-state index >= 15 is 0 Å². The van der Waals surface area contributed by atoms with Crippen LogP contribution in [0.2, 0.25) is 0 Å². The van der Waals surface area contributed by atoms with Gasteiger partial charge in [-0.15, -0.1) is 0 Å². The number of rotatable bonds is 2. The fourth-order valence-corrected chi connectivity index (χ4v) is 4.82. The second kappa shape index (κ2) is 6.21. The van der Waals surface area contributed by atoms with E-state index in [4.69, 9.17) is 9.47 Å². The van der Waals surface area contributed by atoms with Crippen LogP contribution in [0.3, 0.4) is 0 Å². The molecule has 0 aromatic heterocycles. The average molecular weight is 384 g/mol. The Balaban J connectivity index is 1.90. The zero-order chi connectivity index (χ0) is 20.3. The summed E-state index contributed by atoms with van der Waals surface area (Å²) in [6, 6.07) is 16.2. The van der Waals surface area contributed by atoms with E-state index in [1.165, 1.54) is 22.3 Å². The normalized spacial score (nSPS) is 15.4. The molecule has 0 unspecified atom stereocenters.